The fraction of sp³-hybridized carbons (Fsp3) is 0.667. The second-order valence-corrected chi connectivity index (χ2v) is 10.7. The molecule has 3 fully saturated rings. The first-order chi connectivity index (χ1) is 13.8. The Labute approximate surface area is 171 Å². The summed E-state index contributed by atoms with van der Waals surface area (Å²) in [4.78, 5) is 15.0. The second-order valence-electron chi connectivity index (χ2n) is 8.71. The number of amides is 1. The zero-order valence-corrected chi connectivity index (χ0v) is 17.4. The molecular formula is C21H29FN2O4S. The van der Waals surface area contributed by atoms with Crippen LogP contribution in [0.5, 0.6) is 0 Å². The number of carbonyl (C=O) groups excluding carboxylic acids is 1. The van der Waals surface area contributed by atoms with Crippen molar-refractivity contribution in [2.24, 2.45) is 11.8 Å². The maximum absolute atomic E-state index is 13.1. The van der Waals surface area contributed by atoms with E-state index in [2.05, 4.69) is 0 Å². The number of halogens is 1. The lowest BCUT2D eigenvalue weighted by atomic mass is 9.71. The van der Waals surface area contributed by atoms with Crippen molar-refractivity contribution in [3.63, 3.8) is 0 Å². The molecule has 2 saturated heterocycles. The Kier molecular flexibility index (Phi) is 5.70. The first-order valence-electron chi connectivity index (χ1n) is 10.6. The Bertz CT molecular complexity index is 852. The van der Waals surface area contributed by atoms with E-state index < -0.39 is 21.4 Å². The van der Waals surface area contributed by atoms with Crippen LogP contribution in [0.4, 0.5) is 4.39 Å². The van der Waals surface area contributed by atoms with E-state index in [-0.39, 0.29) is 35.7 Å². The number of aliphatic hydroxyl groups is 1. The molecule has 0 radical (unpaired) electrons. The largest absolute Gasteiger partial charge is 0.389 e. The van der Waals surface area contributed by atoms with Crippen molar-refractivity contribution in [3.8, 4) is 0 Å². The van der Waals surface area contributed by atoms with E-state index in [4.69, 9.17) is 0 Å². The van der Waals surface area contributed by atoms with Gasteiger partial charge in [-0.2, -0.15) is 4.31 Å². The summed E-state index contributed by atoms with van der Waals surface area (Å²) < 4.78 is 40.0. The topological polar surface area (TPSA) is 77.9 Å². The van der Waals surface area contributed by atoms with Gasteiger partial charge in [0.2, 0.25) is 15.9 Å². The van der Waals surface area contributed by atoms with E-state index >= 15 is 0 Å². The quantitative estimate of drug-likeness (QED) is 0.808. The number of benzene rings is 1. The molecule has 2 heterocycles. The molecule has 1 aromatic rings. The van der Waals surface area contributed by atoms with Gasteiger partial charge in [-0.3, -0.25) is 4.79 Å². The number of nitrogens with zero attached hydrogens (tertiary/aromatic N) is 2. The van der Waals surface area contributed by atoms with Gasteiger partial charge in [-0.1, -0.05) is 12.8 Å². The molecule has 4 rings (SSSR count). The highest BCUT2D eigenvalue weighted by Crippen LogP contribution is 2.40. The van der Waals surface area contributed by atoms with Crippen LogP contribution >= 0.6 is 0 Å². The van der Waals surface area contributed by atoms with E-state index in [1.54, 1.807) is 0 Å². The monoisotopic (exact) mass is 424 g/mol. The highest BCUT2D eigenvalue weighted by Gasteiger charge is 2.45. The van der Waals surface area contributed by atoms with Crippen LogP contribution in [0.25, 0.3) is 0 Å². The van der Waals surface area contributed by atoms with E-state index in [1.165, 1.54) is 16.4 Å². The van der Waals surface area contributed by atoms with E-state index in [0.717, 1.165) is 37.8 Å². The van der Waals surface area contributed by atoms with Gasteiger partial charge < -0.3 is 10.0 Å². The zero-order valence-electron chi connectivity index (χ0n) is 16.6. The number of piperidine rings is 2. The lowest BCUT2D eigenvalue weighted by Crippen LogP contribution is -2.56. The summed E-state index contributed by atoms with van der Waals surface area (Å²) in [5.41, 5.74) is -0.609. The van der Waals surface area contributed by atoms with Gasteiger partial charge in [0.25, 0.3) is 0 Å². The van der Waals surface area contributed by atoms with Crippen molar-refractivity contribution in [2.45, 2.75) is 55.4 Å². The smallest absolute Gasteiger partial charge is 0.243 e. The molecule has 6 nitrogen and oxygen atoms in total. The van der Waals surface area contributed by atoms with Crippen molar-refractivity contribution >= 4 is 15.9 Å². The normalized spacial score (nSPS) is 29.4. The minimum Gasteiger partial charge on any atom is -0.389 e. The van der Waals surface area contributed by atoms with Gasteiger partial charge in [-0.25, -0.2) is 12.8 Å². The molecular weight excluding hydrogens is 395 g/mol. The zero-order chi connectivity index (χ0) is 20.6. The van der Waals surface area contributed by atoms with Gasteiger partial charge in [0, 0.05) is 38.0 Å². The van der Waals surface area contributed by atoms with Gasteiger partial charge in [-0.15, -0.1) is 0 Å². The number of carbonyl (C=O) groups is 1. The Morgan fingerprint density at radius 3 is 2.41 bits per heavy atom. The molecule has 0 spiro atoms. The van der Waals surface area contributed by atoms with Crippen molar-refractivity contribution in [1.29, 1.82) is 0 Å². The molecule has 1 amide bonds. The summed E-state index contributed by atoms with van der Waals surface area (Å²) in [5.74, 6) is -0.395. The minimum absolute atomic E-state index is 0.0799. The lowest BCUT2D eigenvalue weighted by molar-refractivity contribution is -0.148. The maximum Gasteiger partial charge on any atom is 0.243 e. The van der Waals surface area contributed by atoms with Crippen LogP contribution in [0.2, 0.25) is 0 Å². The third-order valence-electron chi connectivity index (χ3n) is 6.99. The van der Waals surface area contributed by atoms with Crippen LogP contribution < -0.4 is 0 Å². The Morgan fingerprint density at radius 2 is 1.72 bits per heavy atom. The van der Waals surface area contributed by atoms with Crippen molar-refractivity contribution in [1.82, 2.24) is 9.21 Å². The van der Waals surface area contributed by atoms with Crippen molar-refractivity contribution in [2.75, 3.05) is 26.2 Å². The van der Waals surface area contributed by atoms with Crippen molar-refractivity contribution in [3.05, 3.63) is 30.1 Å². The number of likely N-dealkylation sites (tertiary alicyclic amines) is 1. The van der Waals surface area contributed by atoms with Gasteiger partial charge in [-0.05, 0) is 56.4 Å². The molecule has 1 N–H and O–H groups in total. The summed E-state index contributed by atoms with van der Waals surface area (Å²) in [6, 6.07) is 4.85. The summed E-state index contributed by atoms with van der Waals surface area (Å²) in [6.45, 7) is 1.78. The first kappa shape index (κ1) is 20.8. The molecule has 2 aliphatic heterocycles. The molecule has 2 atom stereocenters. The van der Waals surface area contributed by atoms with Crippen LogP contribution in [-0.2, 0) is 14.8 Å². The van der Waals surface area contributed by atoms with Gasteiger partial charge >= 0.3 is 0 Å². The standard InChI is InChI=1S/C21H29FN2O4S/c22-18-4-6-19(7-5-18)29(27,28)24-12-8-16(9-13-24)20(25)23-14-11-21(26)10-2-1-3-17(21)15-23/h4-7,16-17,26H,1-3,8-15H2/t17-,21+/m1/s1. The number of sulfonamides is 1. The maximum atomic E-state index is 13.1. The number of fused-ring (bicyclic) bond motifs is 1. The molecule has 0 bridgehead atoms. The Balaban J connectivity index is 1.36. The van der Waals surface area contributed by atoms with E-state index in [1.807, 2.05) is 4.90 Å². The van der Waals surface area contributed by atoms with Crippen LogP contribution in [-0.4, -0.2) is 60.4 Å². The number of hydrogen-bond donors (Lipinski definition) is 1. The summed E-state index contributed by atoms with van der Waals surface area (Å²) in [5, 5.41) is 10.8. The average Bonchev–Trinajstić information content (AvgIpc) is 2.73. The fourth-order valence-corrected chi connectivity index (χ4v) is 6.60. The molecule has 1 aliphatic carbocycles. The van der Waals surface area contributed by atoms with Crippen LogP contribution in [0.15, 0.2) is 29.2 Å². The van der Waals surface area contributed by atoms with Crippen LogP contribution in [0.3, 0.4) is 0 Å². The van der Waals surface area contributed by atoms with Gasteiger partial charge in [0.05, 0.1) is 10.5 Å². The minimum atomic E-state index is -3.67. The van der Waals surface area contributed by atoms with Crippen LogP contribution in [0, 0.1) is 17.7 Å². The molecule has 0 unspecified atom stereocenters. The molecule has 1 saturated carbocycles. The number of hydrogen-bond acceptors (Lipinski definition) is 4. The third kappa shape index (κ3) is 4.07. The first-order valence-corrected chi connectivity index (χ1v) is 12.0. The predicted octanol–water partition coefficient (Wildman–Crippen LogP) is 2.38. The SMILES string of the molecule is O=C(C1CCN(S(=O)(=O)c2ccc(F)cc2)CC1)N1CC[C@@]2(O)CCCC[C@@H]2C1. The lowest BCUT2D eigenvalue weighted by Gasteiger charge is -2.48. The highest BCUT2D eigenvalue weighted by atomic mass is 32.2. The average molecular weight is 425 g/mol. The highest BCUT2D eigenvalue weighted by molar-refractivity contribution is 7.89. The molecule has 3 aliphatic rings. The predicted molar refractivity (Wildman–Crippen MR) is 106 cm³/mol. The van der Waals surface area contributed by atoms with Gasteiger partial charge in [0.1, 0.15) is 5.82 Å². The van der Waals surface area contributed by atoms with E-state index in [9.17, 15) is 22.7 Å². The fourth-order valence-electron chi connectivity index (χ4n) is 5.13. The molecule has 1 aromatic carbocycles. The molecule has 8 heteroatoms. The summed E-state index contributed by atoms with van der Waals surface area (Å²) >= 11 is 0. The molecule has 29 heavy (non-hydrogen) atoms. The summed E-state index contributed by atoms with van der Waals surface area (Å²) in [6.07, 6.45) is 5.58. The Morgan fingerprint density at radius 1 is 1.03 bits per heavy atom. The van der Waals surface area contributed by atoms with Crippen molar-refractivity contribution < 1.29 is 22.7 Å². The number of rotatable bonds is 3. The second kappa shape index (κ2) is 7.96. The van der Waals surface area contributed by atoms with Gasteiger partial charge in [0.15, 0.2) is 0 Å². The molecule has 160 valence electrons. The molecule has 0 aromatic heterocycles. The van der Waals surface area contributed by atoms with E-state index in [0.29, 0.717) is 32.4 Å². The Hall–Kier alpha value is -1.51. The summed E-state index contributed by atoms with van der Waals surface area (Å²) in [7, 11) is -3.67. The third-order valence-corrected chi connectivity index (χ3v) is 8.91. The van der Waals surface area contributed by atoms with Crippen LogP contribution in [0.1, 0.15) is 44.9 Å².